The van der Waals surface area contributed by atoms with E-state index in [9.17, 15) is 14.4 Å². The monoisotopic (exact) mass is 409 g/mol. The number of furan rings is 1. The smallest absolute Gasteiger partial charge is 0.375 e. The summed E-state index contributed by atoms with van der Waals surface area (Å²) in [4.78, 5) is 41.6. The van der Waals surface area contributed by atoms with E-state index < -0.39 is 18.0 Å². The lowest BCUT2D eigenvalue weighted by Crippen LogP contribution is -2.30. The number of amides is 1. The van der Waals surface area contributed by atoms with Crippen LogP contribution in [0.25, 0.3) is 22.0 Å². The Hall–Kier alpha value is -4.01. The van der Waals surface area contributed by atoms with Gasteiger partial charge in [0.1, 0.15) is 11.3 Å². The van der Waals surface area contributed by atoms with E-state index in [1.54, 1.807) is 50.4 Å². The van der Waals surface area contributed by atoms with Gasteiger partial charge in [0.05, 0.1) is 18.1 Å². The molecule has 154 valence electrons. The number of hydrogen-bond donors (Lipinski definition) is 3. The summed E-state index contributed by atoms with van der Waals surface area (Å²) in [5.41, 5.74) is 2.41. The second-order valence-electron chi connectivity index (χ2n) is 6.79. The van der Waals surface area contributed by atoms with Crippen LogP contribution in [0, 0.1) is 6.92 Å². The van der Waals surface area contributed by atoms with Crippen LogP contribution in [-0.4, -0.2) is 35.1 Å². The third-order valence-corrected chi connectivity index (χ3v) is 4.77. The fraction of sp³-hybridized carbons (Fsp3) is 0.190. The van der Waals surface area contributed by atoms with Crippen molar-refractivity contribution < 1.29 is 23.5 Å². The third-order valence-electron chi connectivity index (χ3n) is 4.77. The van der Waals surface area contributed by atoms with Gasteiger partial charge in [-0.05, 0) is 50.2 Å². The Morgan fingerprint density at radius 3 is 2.63 bits per heavy atom. The maximum atomic E-state index is 12.6. The maximum Gasteiger partial charge on any atom is 0.375 e. The predicted octanol–water partition coefficient (Wildman–Crippen LogP) is 3.10. The molecular weight excluding hydrogens is 390 g/mol. The van der Waals surface area contributed by atoms with Crippen LogP contribution in [0.4, 0.5) is 5.69 Å². The van der Waals surface area contributed by atoms with Gasteiger partial charge in [0, 0.05) is 16.6 Å². The number of methoxy groups -OCH3 is 1. The van der Waals surface area contributed by atoms with Crippen molar-refractivity contribution in [3.05, 3.63) is 58.2 Å². The van der Waals surface area contributed by atoms with Crippen LogP contribution in [0.1, 0.15) is 23.0 Å². The molecule has 9 heteroatoms. The average Bonchev–Trinajstić information content (AvgIpc) is 3.26. The highest BCUT2D eigenvalue weighted by Gasteiger charge is 2.24. The van der Waals surface area contributed by atoms with Crippen molar-refractivity contribution in [3.8, 4) is 5.75 Å². The molecule has 0 unspecified atom stereocenters. The molecule has 0 fully saturated rings. The lowest BCUT2D eigenvalue weighted by molar-refractivity contribution is -0.123. The summed E-state index contributed by atoms with van der Waals surface area (Å²) in [7, 11) is 1.55. The molecule has 0 bridgehead atoms. The number of esters is 1. The summed E-state index contributed by atoms with van der Waals surface area (Å²) in [6.45, 7) is 3.20. The number of aryl methyl sites for hydroxylation is 1. The van der Waals surface area contributed by atoms with Gasteiger partial charge in [-0.3, -0.25) is 4.79 Å². The third kappa shape index (κ3) is 3.52. The highest BCUT2D eigenvalue weighted by molar-refractivity contribution is 6.00. The van der Waals surface area contributed by atoms with Gasteiger partial charge in [-0.15, -0.1) is 0 Å². The number of carbonyl (C=O) groups is 2. The first-order valence-electron chi connectivity index (χ1n) is 9.16. The second kappa shape index (κ2) is 7.43. The molecule has 4 aromatic rings. The van der Waals surface area contributed by atoms with Gasteiger partial charge < -0.3 is 29.2 Å². The van der Waals surface area contributed by atoms with Crippen LogP contribution in [0.15, 0.2) is 45.6 Å². The topological polar surface area (TPSA) is 126 Å². The number of aromatic amines is 2. The van der Waals surface area contributed by atoms with Gasteiger partial charge in [-0.1, -0.05) is 0 Å². The van der Waals surface area contributed by atoms with Gasteiger partial charge in [0.15, 0.2) is 6.10 Å². The van der Waals surface area contributed by atoms with Crippen molar-refractivity contribution in [1.82, 2.24) is 9.97 Å². The Labute approximate surface area is 170 Å². The van der Waals surface area contributed by atoms with E-state index in [1.807, 2.05) is 0 Å². The van der Waals surface area contributed by atoms with E-state index in [2.05, 4.69) is 15.3 Å². The molecule has 0 saturated carbocycles. The zero-order chi connectivity index (χ0) is 21.4. The molecule has 0 radical (unpaired) electrons. The van der Waals surface area contributed by atoms with Crippen LogP contribution in [0.5, 0.6) is 5.75 Å². The Balaban J connectivity index is 1.48. The minimum Gasteiger partial charge on any atom is -0.497 e. The van der Waals surface area contributed by atoms with E-state index in [1.165, 1.54) is 6.92 Å². The Kier molecular flexibility index (Phi) is 4.78. The fourth-order valence-electron chi connectivity index (χ4n) is 3.14. The predicted molar refractivity (Wildman–Crippen MR) is 110 cm³/mol. The van der Waals surface area contributed by atoms with Crippen molar-refractivity contribution >= 4 is 39.6 Å². The molecule has 0 aliphatic carbocycles. The number of imidazole rings is 1. The Bertz CT molecular complexity index is 1330. The number of H-pyrrole nitrogens is 2. The van der Waals surface area contributed by atoms with E-state index in [-0.39, 0.29) is 11.4 Å². The molecule has 30 heavy (non-hydrogen) atoms. The molecule has 2 heterocycles. The summed E-state index contributed by atoms with van der Waals surface area (Å²) in [6.07, 6.45) is -1.07. The number of ether oxygens (including phenoxy) is 2. The molecule has 2 aromatic heterocycles. The zero-order valence-electron chi connectivity index (χ0n) is 16.5. The molecule has 9 nitrogen and oxygen atoms in total. The summed E-state index contributed by atoms with van der Waals surface area (Å²) < 4.78 is 16.1. The Morgan fingerprint density at radius 1 is 1.10 bits per heavy atom. The summed E-state index contributed by atoms with van der Waals surface area (Å²) >= 11 is 0. The molecule has 2 aromatic carbocycles. The maximum absolute atomic E-state index is 12.6. The molecule has 0 aliphatic heterocycles. The van der Waals surface area contributed by atoms with Crippen LogP contribution < -0.4 is 15.7 Å². The zero-order valence-corrected chi connectivity index (χ0v) is 16.5. The summed E-state index contributed by atoms with van der Waals surface area (Å²) in [5.74, 6) is -0.587. The molecule has 0 spiro atoms. The van der Waals surface area contributed by atoms with Crippen LogP contribution in [-0.2, 0) is 9.53 Å². The van der Waals surface area contributed by atoms with Crippen molar-refractivity contribution in [2.75, 3.05) is 12.4 Å². The lowest BCUT2D eigenvalue weighted by Gasteiger charge is -2.13. The van der Waals surface area contributed by atoms with Gasteiger partial charge >= 0.3 is 11.7 Å². The number of rotatable bonds is 5. The van der Waals surface area contributed by atoms with E-state index in [4.69, 9.17) is 13.9 Å². The molecule has 0 aliphatic rings. The number of aromatic nitrogens is 2. The lowest BCUT2D eigenvalue weighted by atomic mass is 10.1. The van der Waals surface area contributed by atoms with Gasteiger partial charge in [0.25, 0.3) is 5.91 Å². The first-order valence-corrected chi connectivity index (χ1v) is 9.16. The highest BCUT2D eigenvalue weighted by Crippen LogP contribution is 2.29. The van der Waals surface area contributed by atoms with Gasteiger partial charge in [-0.2, -0.15) is 0 Å². The average molecular weight is 409 g/mol. The number of benzene rings is 2. The highest BCUT2D eigenvalue weighted by atomic mass is 16.6. The fourth-order valence-corrected chi connectivity index (χ4v) is 3.14. The Morgan fingerprint density at radius 2 is 1.87 bits per heavy atom. The number of hydrogen-bond acceptors (Lipinski definition) is 6. The minimum absolute atomic E-state index is 0.0317. The standard InChI is InChI=1S/C21H19N3O6/c1-10-14-9-13(28-3)5-7-17(14)30-18(10)20(26)29-11(2)19(25)22-12-4-6-15-16(8-12)24-21(27)23-15/h4-9,11H,1-3H3,(H,22,25)(H2,23,24,27)/t11-/m0/s1. The first-order chi connectivity index (χ1) is 14.4. The number of fused-ring (bicyclic) bond motifs is 2. The SMILES string of the molecule is COc1ccc2oc(C(=O)O[C@@H](C)C(=O)Nc3ccc4[nH]c(=O)[nH]c4c3)c(C)c2c1. The largest absolute Gasteiger partial charge is 0.497 e. The van der Waals surface area contributed by atoms with Crippen molar-refractivity contribution in [2.45, 2.75) is 20.0 Å². The molecule has 4 rings (SSSR count). The first kappa shape index (κ1) is 19.3. The second-order valence-corrected chi connectivity index (χ2v) is 6.79. The summed E-state index contributed by atoms with van der Waals surface area (Å²) in [5, 5.41) is 3.39. The number of anilines is 1. The molecule has 1 atom stereocenters. The number of carbonyl (C=O) groups excluding carboxylic acids is 2. The molecule has 3 N–H and O–H groups in total. The van der Waals surface area contributed by atoms with Crippen molar-refractivity contribution in [1.29, 1.82) is 0 Å². The normalized spacial score (nSPS) is 12.1. The van der Waals surface area contributed by atoms with Crippen LogP contribution >= 0.6 is 0 Å². The van der Waals surface area contributed by atoms with E-state index >= 15 is 0 Å². The molecular formula is C21H19N3O6. The molecule has 1 amide bonds. The van der Waals surface area contributed by atoms with Crippen molar-refractivity contribution in [3.63, 3.8) is 0 Å². The van der Waals surface area contributed by atoms with Crippen LogP contribution in [0.2, 0.25) is 0 Å². The quantitative estimate of drug-likeness (QED) is 0.435. The van der Waals surface area contributed by atoms with E-state index in [0.717, 1.165) is 5.39 Å². The number of nitrogens with one attached hydrogen (secondary N) is 3. The summed E-state index contributed by atoms with van der Waals surface area (Å²) in [6, 6.07) is 10.1. The van der Waals surface area contributed by atoms with E-state index in [0.29, 0.717) is 33.6 Å². The minimum atomic E-state index is -1.07. The van der Waals surface area contributed by atoms with Gasteiger partial charge in [-0.25, -0.2) is 9.59 Å². The molecule has 0 saturated heterocycles. The van der Waals surface area contributed by atoms with Crippen LogP contribution in [0.3, 0.4) is 0 Å². The van der Waals surface area contributed by atoms with Gasteiger partial charge in [0.2, 0.25) is 5.76 Å². The van der Waals surface area contributed by atoms with Crippen molar-refractivity contribution in [2.24, 2.45) is 0 Å².